The molecule has 0 saturated carbocycles. The summed E-state index contributed by atoms with van der Waals surface area (Å²) < 4.78 is 18.9. The maximum absolute atomic E-state index is 13.3. The van der Waals surface area contributed by atoms with Crippen molar-refractivity contribution in [3.63, 3.8) is 0 Å². The van der Waals surface area contributed by atoms with Gasteiger partial charge in [-0.3, -0.25) is 4.90 Å². The van der Waals surface area contributed by atoms with Crippen LogP contribution < -0.4 is 24.3 Å². The Morgan fingerprint density at radius 2 is 1.81 bits per heavy atom. The molecular formula is C18H19N2O4PS. The first-order valence-corrected chi connectivity index (χ1v) is 11.0. The van der Waals surface area contributed by atoms with Gasteiger partial charge in [-0.2, -0.15) is 0 Å². The largest absolute Gasteiger partial charge is 0.486 e. The molecular weight excluding hydrogens is 371 g/mol. The van der Waals surface area contributed by atoms with E-state index in [0.717, 1.165) is 16.7 Å². The van der Waals surface area contributed by atoms with E-state index in [9.17, 15) is 4.79 Å². The third kappa shape index (κ3) is 2.50. The monoisotopic (exact) mass is 390 g/mol. The lowest BCUT2D eigenvalue weighted by Crippen LogP contribution is -2.50. The summed E-state index contributed by atoms with van der Waals surface area (Å²) in [6.07, 6.45) is -2.83. The topological polar surface area (TPSA) is 51.2 Å². The molecule has 2 aliphatic heterocycles. The average Bonchev–Trinajstić information content (AvgIpc) is 2.68. The Kier molecular flexibility index (Phi) is 4.39. The standard InChI is InChI=1S/C18H19N2O4PS/c1-3-19-14-11-15-16(24-10-9-23-15)12-17(14)25(26,22-2)20(18(19)21)13-7-5-4-6-8-13/h4-8,11-12H,3,9-10H2,1-2H3/t25-/m0/s1. The average molecular weight is 390 g/mol. The van der Waals surface area contributed by atoms with Gasteiger partial charge in [-0.1, -0.05) is 18.2 Å². The quantitative estimate of drug-likeness (QED) is 0.751. The van der Waals surface area contributed by atoms with E-state index in [4.69, 9.17) is 25.8 Å². The molecule has 2 heterocycles. The highest BCUT2D eigenvalue weighted by molar-refractivity contribution is 8.17. The Labute approximate surface area is 157 Å². The fourth-order valence-electron chi connectivity index (χ4n) is 3.26. The zero-order chi connectivity index (χ0) is 18.3. The highest BCUT2D eigenvalue weighted by Gasteiger charge is 2.44. The van der Waals surface area contributed by atoms with Crippen molar-refractivity contribution in [1.82, 2.24) is 0 Å². The summed E-state index contributed by atoms with van der Waals surface area (Å²) >= 11 is 5.97. The number of amides is 2. The van der Waals surface area contributed by atoms with Gasteiger partial charge < -0.3 is 14.0 Å². The van der Waals surface area contributed by atoms with Crippen molar-refractivity contribution in [2.45, 2.75) is 6.92 Å². The van der Waals surface area contributed by atoms with Crippen LogP contribution in [0, 0.1) is 0 Å². The van der Waals surface area contributed by atoms with Crippen LogP contribution in [0.1, 0.15) is 6.92 Å². The number of carbonyl (C=O) groups excluding carboxylic acids is 1. The Morgan fingerprint density at radius 3 is 2.42 bits per heavy atom. The molecule has 2 amide bonds. The number of nitrogens with zero attached hydrogens (tertiary/aromatic N) is 2. The number of hydrogen-bond donors (Lipinski definition) is 0. The maximum atomic E-state index is 13.3. The van der Waals surface area contributed by atoms with Crippen LogP contribution in [-0.2, 0) is 16.3 Å². The molecule has 2 aliphatic rings. The maximum Gasteiger partial charge on any atom is 0.334 e. The van der Waals surface area contributed by atoms with Gasteiger partial charge in [0, 0.05) is 19.7 Å². The van der Waals surface area contributed by atoms with E-state index in [2.05, 4.69) is 0 Å². The van der Waals surface area contributed by atoms with Gasteiger partial charge in [-0.15, -0.1) is 0 Å². The van der Waals surface area contributed by atoms with Crippen molar-refractivity contribution in [3.05, 3.63) is 42.5 Å². The highest BCUT2D eigenvalue weighted by Crippen LogP contribution is 2.58. The van der Waals surface area contributed by atoms with E-state index in [1.165, 1.54) is 0 Å². The van der Waals surface area contributed by atoms with Gasteiger partial charge in [0.05, 0.1) is 16.7 Å². The fraction of sp³-hybridized carbons (Fsp3) is 0.278. The fourth-order valence-corrected chi connectivity index (χ4v) is 6.30. The smallest absolute Gasteiger partial charge is 0.334 e. The molecule has 4 rings (SSSR count). The first-order chi connectivity index (χ1) is 12.6. The van der Waals surface area contributed by atoms with Crippen LogP contribution in [0.4, 0.5) is 16.2 Å². The lowest BCUT2D eigenvalue weighted by molar-refractivity contribution is 0.172. The molecule has 8 heteroatoms. The number of anilines is 2. The second kappa shape index (κ2) is 6.58. The van der Waals surface area contributed by atoms with Crippen molar-refractivity contribution in [2.75, 3.05) is 36.4 Å². The molecule has 1 atom stereocenters. The zero-order valence-electron chi connectivity index (χ0n) is 14.5. The summed E-state index contributed by atoms with van der Waals surface area (Å²) in [5.74, 6) is 1.27. The Morgan fingerprint density at radius 1 is 1.15 bits per heavy atom. The van der Waals surface area contributed by atoms with E-state index in [0.29, 0.717) is 31.3 Å². The normalized spacial score (nSPS) is 21.5. The van der Waals surface area contributed by atoms with Crippen LogP contribution in [0.15, 0.2) is 42.5 Å². The number of rotatable bonds is 3. The van der Waals surface area contributed by atoms with Crippen molar-refractivity contribution in [2.24, 2.45) is 0 Å². The minimum Gasteiger partial charge on any atom is -0.486 e. The number of hydrogen-bond acceptors (Lipinski definition) is 5. The van der Waals surface area contributed by atoms with Crippen LogP contribution in [0.2, 0.25) is 0 Å². The lowest BCUT2D eigenvalue weighted by atomic mass is 10.2. The van der Waals surface area contributed by atoms with E-state index in [1.807, 2.05) is 49.4 Å². The molecule has 0 radical (unpaired) electrons. The summed E-state index contributed by atoms with van der Waals surface area (Å²) in [6, 6.07) is 12.9. The molecule has 2 aromatic rings. The molecule has 0 aromatic heterocycles. The van der Waals surface area contributed by atoms with Gasteiger partial charge in [-0.05, 0) is 36.9 Å². The summed E-state index contributed by atoms with van der Waals surface area (Å²) in [4.78, 5) is 15.0. The molecule has 2 aromatic carbocycles. The zero-order valence-corrected chi connectivity index (χ0v) is 16.3. The predicted octanol–water partition coefficient (Wildman–Crippen LogP) is 3.51. The molecule has 0 N–H and O–H groups in total. The molecule has 0 aliphatic carbocycles. The van der Waals surface area contributed by atoms with Crippen LogP contribution >= 0.6 is 6.42 Å². The van der Waals surface area contributed by atoms with Gasteiger partial charge in [0.1, 0.15) is 13.2 Å². The molecule has 6 nitrogen and oxygen atoms in total. The van der Waals surface area contributed by atoms with Crippen LogP contribution in [0.5, 0.6) is 11.5 Å². The summed E-state index contributed by atoms with van der Waals surface area (Å²) in [5, 5.41) is 0.796. The van der Waals surface area contributed by atoms with Crippen molar-refractivity contribution < 1.29 is 18.8 Å². The minimum absolute atomic E-state index is 0.187. The molecule has 0 unspecified atom stereocenters. The molecule has 0 spiro atoms. The second-order valence-corrected chi connectivity index (χ2v) is 9.63. The number of ether oxygens (including phenoxy) is 2. The molecule has 26 heavy (non-hydrogen) atoms. The summed E-state index contributed by atoms with van der Waals surface area (Å²) in [5.41, 5.74) is 1.46. The summed E-state index contributed by atoms with van der Waals surface area (Å²) in [7, 11) is 1.56. The molecule has 0 bridgehead atoms. The van der Waals surface area contributed by atoms with Crippen LogP contribution in [0.3, 0.4) is 0 Å². The van der Waals surface area contributed by atoms with E-state index in [1.54, 1.807) is 16.7 Å². The van der Waals surface area contributed by atoms with E-state index < -0.39 is 6.42 Å². The van der Waals surface area contributed by atoms with Gasteiger partial charge >= 0.3 is 6.03 Å². The van der Waals surface area contributed by atoms with Crippen molar-refractivity contribution in [3.8, 4) is 11.5 Å². The van der Waals surface area contributed by atoms with Crippen LogP contribution in [-0.4, -0.2) is 32.9 Å². The Hall–Kier alpha value is -2.08. The van der Waals surface area contributed by atoms with Crippen LogP contribution in [0.25, 0.3) is 0 Å². The van der Waals surface area contributed by atoms with E-state index >= 15 is 0 Å². The van der Waals surface area contributed by atoms with E-state index in [-0.39, 0.29) is 6.03 Å². The Bertz CT molecular complexity index is 906. The minimum atomic E-state index is -2.83. The van der Waals surface area contributed by atoms with Crippen molar-refractivity contribution >= 4 is 40.9 Å². The number of benzene rings is 2. The van der Waals surface area contributed by atoms with Gasteiger partial charge in [0.15, 0.2) is 17.9 Å². The lowest BCUT2D eigenvalue weighted by Gasteiger charge is -2.43. The van der Waals surface area contributed by atoms with Gasteiger partial charge in [-0.25, -0.2) is 9.46 Å². The molecule has 136 valence electrons. The predicted molar refractivity (Wildman–Crippen MR) is 106 cm³/mol. The first-order valence-electron chi connectivity index (χ1n) is 8.37. The molecule has 0 fully saturated rings. The second-order valence-electron chi connectivity index (χ2n) is 5.86. The SMILES string of the molecule is CCN1C(=O)N(c2ccccc2)[P@](=S)(OC)c2cc3c(cc21)OCCO3. The van der Waals surface area contributed by atoms with Gasteiger partial charge in [0.25, 0.3) is 0 Å². The highest BCUT2D eigenvalue weighted by atomic mass is 32.4. The molecule has 0 saturated heterocycles. The number of urea groups is 1. The number of para-hydroxylation sites is 1. The van der Waals surface area contributed by atoms with Gasteiger partial charge in [0.2, 0.25) is 0 Å². The third-order valence-corrected chi connectivity index (χ3v) is 8.39. The number of fused-ring (bicyclic) bond motifs is 2. The number of carbonyl (C=O) groups is 1. The third-order valence-electron chi connectivity index (χ3n) is 4.47. The Balaban J connectivity index is 1.97. The van der Waals surface area contributed by atoms with Crippen molar-refractivity contribution in [1.29, 1.82) is 0 Å². The first kappa shape index (κ1) is 17.3. The summed E-state index contributed by atoms with van der Waals surface area (Å²) in [6.45, 7) is 3.41.